The number of likely N-dealkylation sites (tertiary alicyclic amines) is 1. The monoisotopic (exact) mass is 171 g/mol. The Morgan fingerprint density at radius 1 is 1.75 bits per heavy atom. The standard InChI is InChI=1S/C8H17N3O/c1-2-10-8(12)11-4-3-7(5-9)6-11/h7H,2-6,9H2,1H3,(H,10,12). The largest absolute Gasteiger partial charge is 0.338 e. The van der Waals surface area contributed by atoms with Gasteiger partial charge in [0.25, 0.3) is 0 Å². The molecule has 1 atom stereocenters. The van der Waals surface area contributed by atoms with Crippen LogP contribution in [0.15, 0.2) is 0 Å². The van der Waals surface area contributed by atoms with Gasteiger partial charge in [-0.15, -0.1) is 0 Å². The Hall–Kier alpha value is -0.770. The van der Waals surface area contributed by atoms with Gasteiger partial charge < -0.3 is 16.0 Å². The van der Waals surface area contributed by atoms with Crippen molar-refractivity contribution in [1.82, 2.24) is 10.2 Å². The summed E-state index contributed by atoms with van der Waals surface area (Å²) < 4.78 is 0. The van der Waals surface area contributed by atoms with E-state index in [2.05, 4.69) is 5.32 Å². The zero-order valence-corrected chi connectivity index (χ0v) is 7.55. The Labute approximate surface area is 73.1 Å². The Bertz CT molecular complexity index is 160. The van der Waals surface area contributed by atoms with Crippen LogP contribution in [0.1, 0.15) is 13.3 Å². The molecule has 0 aromatic rings. The lowest BCUT2D eigenvalue weighted by molar-refractivity contribution is 0.208. The molecule has 0 aromatic carbocycles. The van der Waals surface area contributed by atoms with E-state index in [1.54, 1.807) is 0 Å². The number of carbonyl (C=O) groups is 1. The van der Waals surface area contributed by atoms with Crippen LogP contribution in [0.3, 0.4) is 0 Å². The number of nitrogens with zero attached hydrogens (tertiary/aromatic N) is 1. The quantitative estimate of drug-likeness (QED) is 0.614. The summed E-state index contributed by atoms with van der Waals surface area (Å²) in [6.07, 6.45) is 1.05. The van der Waals surface area contributed by atoms with Crippen LogP contribution >= 0.6 is 0 Å². The van der Waals surface area contributed by atoms with Crippen molar-refractivity contribution in [1.29, 1.82) is 0 Å². The first-order valence-corrected chi connectivity index (χ1v) is 4.50. The molecule has 4 nitrogen and oxygen atoms in total. The molecular formula is C8H17N3O. The summed E-state index contributed by atoms with van der Waals surface area (Å²) in [5, 5.41) is 2.78. The van der Waals surface area contributed by atoms with Crippen LogP contribution in [0.5, 0.6) is 0 Å². The third-order valence-corrected chi connectivity index (χ3v) is 2.23. The first kappa shape index (κ1) is 9.32. The van der Waals surface area contributed by atoms with E-state index in [1.807, 2.05) is 11.8 Å². The van der Waals surface area contributed by atoms with Crippen molar-refractivity contribution in [2.45, 2.75) is 13.3 Å². The fourth-order valence-corrected chi connectivity index (χ4v) is 1.47. The number of nitrogens with one attached hydrogen (secondary N) is 1. The smallest absolute Gasteiger partial charge is 0.317 e. The number of hydrogen-bond acceptors (Lipinski definition) is 2. The van der Waals surface area contributed by atoms with Gasteiger partial charge in [0, 0.05) is 19.6 Å². The van der Waals surface area contributed by atoms with Gasteiger partial charge in [0.05, 0.1) is 0 Å². The molecule has 3 N–H and O–H groups in total. The minimum Gasteiger partial charge on any atom is -0.338 e. The first-order chi connectivity index (χ1) is 5.77. The van der Waals surface area contributed by atoms with Gasteiger partial charge >= 0.3 is 6.03 Å². The highest BCUT2D eigenvalue weighted by Gasteiger charge is 2.24. The van der Waals surface area contributed by atoms with E-state index in [4.69, 9.17) is 5.73 Å². The van der Waals surface area contributed by atoms with Crippen LogP contribution < -0.4 is 11.1 Å². The molecule has 0 bridgehead atoms. The predicted molar refractivity (Wildman–Crippen MR) is 47.8 cm³/mol. The summed E-state index contributed by atoms with van der Waals surface area (Å²) in [6, 6.07) is 0.0495. The number of carbonyl (C=O) groups excluding carboxylic acids is 1. The Morgan fingerprint density at radius 3 is 3.00 bits per heavy atom. The molecular weight excluding hydrogens is 154 g/mol. The Morgan fingerprint density at radius 2 is 2.50 bits per heavy atom. The fourth-order valence-electron chi connectivity index (χ4n) is 1.47. The van der Waals surface area contributed by atoms with Gasteiger partial charge in [0.2, 0.25) is 0 Å². The van der Waals surface area contributed by atoms with Crippen molar-refractivity contribution in [2.75, 3.05) is 26.2 Å². The van der Waals surface area contributed by atoms with E-state index >= 15 is 0 Å². The minimum absolute atomic E-state index is 0.0495. The summed E-state index contributed by atoms with van der Waals surface area (Å²) in [6.45, 7) is 4.99. The maximum atomic E-state index is 11.3. The summed E-state index contributed by atoms with van der Waals surface area (Å²) in [5.41, 5.74) is 5.51. The first-order valence-electron chi connectivity index (χ1n) is 4.50. The SMILES string of the molecule is CCNC(=O)N1CCC(CN)C1. The molecule has 1 saturated heterocycles. The number of hydrogen-bond donors (Lipinski definition) is 2. The van der Waals surface area contributed by atoms with Gasteiger partial charge in [-0.1, -0.05) is 0 Å². The zero-order valence-electron chi connectivity index (χ0n) is 7.55. The molecule has 0 radical (unpaired) electrons. The molecule has 1 aliphatic heterocycles. The summed E-state index contributed by atoms with van der Waals surface area (Å²) >= 11 is 0. The van der Waals surface area contributed by atoms with Gasteiger partial charge in [0.15, 0.2) is 0 Å². The molecule has 2 amide bonds. The molecule has 1 rings (SSSR count). The molecule has 70 valence electrons. The molecule has 4 heteroatoms. The van der Waals surface area contributed by atoms with Crippen LogP contribution in [0.2, 0.25) is 0 Å². The minimum atomic E-state index is 0.0495. The van der Waals surface area contributed by atoms with E-state index in [0.717, 1.165) is 19.5 Å². The van der Waals surface area contributed by atoms with E-state index in [-0.39, 0.29) is 6.03 Å². The van der Waals surface area contributed by atoms with Gasteiger partial charge in [0.1, 0.15) is 0 Å². The molecule has 12 heavy (non-hydrogen) atoms. The van der Waals surface area contributed by atoms with Gasteiger partial charge in [-0.25, -0.2) is 4.79 Å². The normalized spacial score (nSPS) is 22.8. The third kappa shape index (κ3) is 2.11. The van der Waals surface area contributed by atoms with Crippen molar-refractivity contribution >= 4 is 6.03 Å². The third-order valence-electron chi connectivity index (χ3n) is 2.23. The van der Waals surface area contributed by atoms with Gasteiger partial charge in [-0.3, -0.25) is 0 Å². The van der Waals surface area contributed by atoms with Gasteiger partial charge in [-0.2, -0.15) is 0 Å². The number of urea groups is 1. The molecule has 1 fully saturated rings. The topological polar surface area (TPSA) is 58.4 Å². The van der Waals surface area contributed by atoms with E-state index in [0.29, 0.717) is 19.0 Å². The number of nitrogens with two attached hydrogens (primary N) is 1. The van der Waals surface area contributed by atoms with Crippen molar-refractivity contribution in [3.05, 3.63) is 0 Å². The Kier molecular flexibility index (Phi) is 3.34. The second-order valence-electron chi connectivity index (χ2n) is 3.17. The summed E-state index contributed by atoms with van der Waals surface area (Å²) in [4.78, 5) is 13.1. The van der Waals surface area contributed by atoms with Crippen LogP contribution in [-0.2, 0) is 0 Å². The van der Waals surface area contributed by atoms with Crippen molar-refractivity contribution in [3.8, 4) is 0 Å². The van der Waals surface area contributed by atoms with Crippen LogP contribution in [0.4, 0.5) is 4.79 Å². The highest BCUT2D eigenvalue weighted by Crippen LogP contribution is 2.14. The maximum Gasteiger partial charge on any atom is 0.317 e. The van der Waals surface area contributed by atoms with E-state index in [9.17, 15) is 4.79 Å². The number of amides is 2. The highest BCUT2D eigenvalue weighted by atomic mass is 16.2. The Balaban J connectivity index is 2.31. The van der Waals surface area contributed by atoms with Gasteiger partial charge in [-0.05, 0) is 25.8 Å². The van der Waals surface area contributed by atoms with Crippen LogP contribution in [-0.4, -0.2) is 37.1 Å². The fraction of sp³-hybridized carbons (Fsp3) is 0.875. The molecule has 0 aliphatic carbocycles. The molecule has 1 aliphatic rings. The second-order valence-corrected chi connectivity index (χ2v) is 3.17. The average molecular weight is 171 g/mol. The van der Waals surface area contributed by atoms with E-state index in [1.165, 1.54) is 0 Å². The molecule has 0 spiro atoms. The molecule has 1 unspecified atom stereocenters. The average Bonchev–Trinajstić information content (AvgIpc) is 2.52. The lowest BCUT2D eigenvalue weighted by Crippen LogP contribution is -2.38. The van der Waals surface area contributed by atoms with Crippen molar-refractivity contribution < 1.29 is 4.79 Å². The second kappa shape index (κ2) is 4.30. The molecule has 0 aromatic heterocycles. The predicted octanol–water partition coefficient (Wildman–Crippen LogP) is -0.00350. The lowest BCUT2D eigenvalue weighted by atomic mass is 10.1. The van der Waals surface area contributed by atoms with E-state index < -0.39 is 0 Å². The molecule has 0 saturated carbocycles. The lowest BCUT2D eigenvalue weighted by Gasteiger charge is -2.15. The van der Waals surface area contributed by atoms with Crippen LogP contribution in [0.25, 0.3) is 0 Å². The zero-order chi connectivity index (χ0) is 8.97. The van der Waals surface area contributed by atoms with Crippen molar-refractivity contribution in [3.63, 3.8) is 0 Å². The maximum absolute atomic E-state index is 11.3. The van der Waals surface area contributed by atoms with Crippen LogP contribution in [0, 0.1) is 5.92 Å². The van der Waals surface area contributed by atoms with Crippen molar-refractivity contribution in [2.24, 2.45) is 11.7 Å². The number of rotatable bonds is 2. The highest BCUT2D eigenvalue weighted by molar-refractivity contribution is 5.74. The summed E-state index contributed by atoms with van der Waals surface area (Å²) in [5.74, 6) is 0.507. The molecule has 1 heterocycles. The summed E-state index contributed by atoms with van der Waals surface area (Å²) in [7, 11) is 0.